The van der Waals surface area contributed by atoms with E-state index in [0.29, 0.717) is 69.4 Å². The van der Waals surface area contributed by atoms with Gasteiger partial charge in [0.25, 0.3) is 0 Å². The number of urea groups is 1. The van der Waals surface area contributed by atoms with Crippen LogP contribution in [0.5, 0.6) is 11.5 Å². The minimum Gasteiger partial charge on any atom is -0.490 e. The summed E-state index contributed by atoms with van der Waals surface area (Å²) in [6.45, 7) is 5.04. The average molecular weight is 744 g/mol. The number of benzene rings is 2. The molecule has 12 nitrogen and oxygen atoms in total. The van der Waals surface area contributed by atoms with Crippen LogP contribution in [0.1, 0.15) is 43.7 Å². The predicted octanol–water partition coefficient (Wildman–Crippen LogP) is 5.14. The number of anilines is 2. The number of carbonyl (C=O) groups is 2. The van der Waals surface area contributed by atoms with Crippen molar-refractivity contribution in [3.8, 4) is 22.8 Å². The number of hydrogen-bond acceptors (Lipinski definition) is 9. The number of fused-ring (bicyclic) bond motifs is 4. The van der Waals surface area contributed by atoms with Crippen LogP contribution < -0.4 is 30.7 Å². The molecule has 3 atom stereocenters. The summed E-state index contributed by atoms with van der Waals surface area (Å²) in [6, 6.07) is 12.5. The molecule has 48 heavy (non-hydrogen) atoms. The fourth-order valence-corrected chi connectivity index (χ4v) is 8.22. The van der Waals surface area contributed by atoms with E-state index in [9.17, 15) is 9.59 Å². The molecule has 3 aliphatic rings. The number of ether oxygens (including phenoxy) is 4. The van der Waals surface area contributed by atoms with Gasteiger partial charge in [0.05, 0.1) is 50.8 Å². The van der Waals surface area contributed by atoms with Gasteiger partial charge in [0, 0.05) is 51.7 Å². The van der Waals surface area contributed by atoms with Gasteiger partial charge in [-0.1, -0.05) is 28.4 Å². The third-order valence-electron chi connectivity index (χ3n) is 8.57. The van der Waals surface area contributed by atoms with Crippen molar-refractivity contribution in [1.82, 2.24) is 26.1 Å². The summed E-state index contributed by atoms with van der Waals surface area (Å²) in [7, 11) is 0. The molecular weight excluding hydrogens is 700 g/mol. The Morgan fingerprint density at radius 3 is 2.73 bits per heavy atom. The number of nitrogens with zero attached hydrogens (tertiary/aromatic N) is 1. The van der Waals surface area contributed by atoms with Crippen LogP contribution in [-0.4, -0.2) is 91.4 Å². The van der Waals surface area contributed by atoms with Crippen molar-refractivity contribution in [2.24, 2.45) is 0 Å². The van der Waals surface area contributed by atoms with Crippen LogP contribution in [0, 0.1) is 0 Å². The lowest BCUT2D eigenvalue weighted by molar-refractivity contribution is -0.121. The van der Waals surface area contributed by atoms with Gasteiger partial charge in [0.1, 0.15) is 6.61 Å². The van der Waals surface area contributed by atoms with E-state index in [4.69, 9.17) is 18.9 Å². The average Bonchev–Trinajstić information content (AvgIpc) is 3.82. The fourth-order valence-electron chi connectivity index (χ4n) is 6.28. The number of H-pyrrole nitrogens is 1. The van der Waals surface area contributed by atoms with Crippen LogP contribution in [0.25, 0.3) is 11.3 Å². The maximum atomic E-state index is 12.2. The first kappa shape index (κ1) is 34.4. The zero-order valence-corrected chi connectivity index (χ0v) is 29.5. The van der Waals surface area contributed by atoms with Crippen molar-refractivity contribution in [3.05, 3.63) is 52.0 Å². The number of carbonyl (C=O) groups excluding carboxylic acids is 2. The quantitative estimate of drug-likeness (QED) is 0.0651. The second kappa shape index (κ2) is 16.8. The summed E-state index contributed by atoms with van der Waals surface area (Å²) in [5.41, 5.74) is 5.27. The Hall–Kier alpha value is -3.46. The molecule has 3 amide bonds. The Labute approximate surface area is 293 Å². The third kappa shape index (κ3) is 8.76. The highest BCUT2D eigenvalue weighted by atomic mass is 79.9. The first-order valence-electron chi connectivity index (χ1n) is 16.6. The van der Waals surface area contributed by atoms with E-state index in [0.717, 1.165) is 69.8 Å². The fraction of sp³-hybridized carbons (Fsp3) is 0.500. The topological polar surface area (TPSA) is 148 Å². The molecule has 2 saturated heterocycles. The zero-order chi connectivity index (χ0) is 33.3. The van der Waals surface area contributed by atoms with E-state index in [2.05, 4.69) is 53.5 Å². The Morgan fingerprint density at radius 1 is 1.04 bits per heavy atom. The Bertz CT molecular complexity index is 1570. The number of halogens is 1. The number of thioether (sulfide) groups is 1. The van der Waals surface area contributed by atoms with Crippen LogP contribution >= 0.6 is 27.7 Å². The van der Waals surface area contributed by atoms with Crippen LogP contribution in [-0.2, 0) is 20.7 Å². The summed E-state index contributed by atoms with van der Waals surface area (Å²) in [5.74, 6) is 3.19. The van der Waals surface area contributed by atoms with Gasteiger partial charge in [-0.15, -0.1) is 0 Å². The molecule has 0 bridgehead atoms. The summed E-state index contributed by atoms with van der Waals surface area (Å²) in [6.07, 6.45) is 4.06. The van der Waals surface area contributed by atoms with E-state index in [-0.39, 0.29) is 24.0 Å². The summed E-state index contributed by atoms with van der Waals surface area (Å²) < 4.78 is 24.3. The molecule has 3 aromatic rings. The Balaban J connectivity index is 0.839. The molecule has 2 aliphatic heterocycles. The number of unbranched alkanes of at least 4 members (excludes halogenated alkanes) is 1. The lowest BCUT2D eigenvalue weighted by atomic mass is 10.0. The number of nitrogens with one attached hydrogen (secondary N) is 5. The van der Waals surface area contributed by atoms with Gasteiger partial charge in [-0.25, -0.2) is 4.79 Å². The van der Waals surface area contributed by atoms with Gasteiger partial charge < -0.3 is 40.2 Å². The normalized spacial score (nSPS) is 18.9. The van der Waals surface area contributed by atoms with Gasteiger partial charge in [-0.3, -0.25) is 9.89 Å². The molecule has 6 rings (SSSR count). The van der Waals surface area contributed by atoms with E-state index in [1.54, 1.807) is 0 Å². The third-order valence-corrected chi connectivity index (χ3v) is 10.6. The molecular formula is C34H43BrN6O6S. The highest BCUT2D eigenvalue weighted by molar-refractivity contribution is 9.10. The second-order valence-corrected chi connectivity index (χ2v) is 14.1. The lowest BCUT2D eigenvalue weighted by Gasteiger charge is -2.16. The SMILES string of the molecule is CCOc1cc2c(cc1OCCOCCOCCNC(=O)CCCCC1SCC3NC(=O)NC31)-c1[nH]nc(Nc3cccc(Br)c3)c1C2. The largest absolute Gasteiger partial charge is 0.490 e. The van der Waals surface area contributed by atoms with Crippen molar-refractivity contribution in [2.75, 3.05) is 57.3 Å². The van der Waals surface area contributed by atoms with Crippen molar-refractivity contribution in [3.63, 3.8) is 0 Å². The summed E-state index contributed by atoms with van der Waals surface area (Å²) in [4.78, 5) is 23.7. The van der Waals surface area contributed by atoms with Gasteiger partial charge in [0.15, 0.2) is 17.3 Å². The summed E-state index contributed by atoms with van der Waals surface area (Å²) >= 11 is 5.43. The monoisotopic (exact) mass is 742 g/mol. The van der Waals surface area contributed by atoms with Crippen molar-refractivity contribution >= 4 is 51.1 Å². The second-order valence-electron chi connectivity index (χ2n) is 11.9. The van der Waals surface area contributed by atoms with E-state index >= 15 is 0 Å². The molecule has 2 fully saturated rings. The highest BCUT2D eigenvalue weighted by Crippen LogP contribution is 2.44. The van der Waals surface area contributed by atoms with Gasteiger partial charge in [-0.2, -0.15) is 16.9 Å². The highest BCUT2D eigenvalue weighted by Gasteiger charge is 2.42. The Kier molecular flexibility index (Phi) is 12.0. The molecule has 14 heteroatoms. The number of hydrogen-bond donors (Lipinski definition) is 5. The lowest BCUT2D eigenvalue weighted by Crippen LogP contribution is -2.36. The molecule has 258 valence electrons. The minimum absolute atomic E-state index is 0.0409. The molecule has 0 spiro atoms. The number of amides is 3. The van der Waals surface area contributed by atoms with Crippen molar-refractivity contribution in [2.45, 2.75) is 56.4 Å². The van der Waals surface area contributed by atoms with Crippen molar-refractivity contribution in [1.29, 1.82) is 0 Å². The first-order chi connectivity index (χ1) is 23.5. The van der Waals surface area contributed by atoms with Crippen LogP contribution in [0.4, 0.5) is 16.3 Å². The number of aromatic nitrogens is 2. The minimum atomic E-state index is -0.0598. The molecule has 0 radical (unpaired) electrons. The molecule has 1 aliphatic carbocycles. The van der Waals surface area contributed by atoms with Gasteiger partial charge in [-0.05, 0) is 55.7 Å². The maximum absolute atomic E-state index is 12.2. The van der Waals surface area contributed by atoms with Gasteiger partial charge in [0.2, 0.25) is 5.91 Å². The molecule has 3 unspecified atom stereocenters. The molecule has 5 N–H and O–H groups in total. The Morgan fingerprint density at radius 2 is 1.88 bits per heavy atom. The van der Waals surface area contributed by atoms with Crippen LogP contribution in [0.3, 0.4) is 0 Å². The van der Waals surface area contributed by atoms with E-state index in [1.165, 1.54) is 0 Å². The van der Waals surface area contributed by atoms with E-state index in [1.807, 2.05) is 49.0 Å². The molecule has 1 aromatic heterocycles. The maximum Gasteiger partial charge on any atom is 0.315 e. The van der Waals surface area contributed by atoms with E-state index < -0.39 is 0 Å². The molecule has 3 heterocycles. The van der Waals surface area contributed by atoms with Crippen LogP contribution in [0.15, 0.2) is 40.9 Å². The van der Waals surface area contributed by atoms with Gasteiger partial charge >= 0.3 is 6.03 Å². The summed E-state index contributed by atoms with van der Waals surface area (Å²) in [5, 5.41) is 20.5. The number of rotatable bonds is 19. The standard InChI is InChI=1S/C34H43BrN6O6S/c1-2-46-27-17-21-16-25-31(40-41-33(25)37-23-7-5-6-22(35)18-23)24(21)19-28(27)47-15-14-45-13-12-44-11-10-36-30(42)9-4-3-8-29-32-26(20-48-29)38-34(43)39-32/h5-7,17-19,26,29,32H,2-4,8-16,20H2,1H3,(H,36,42)(H2,37,40,41)(H2,38,39,43). The molecule has 0 saturated carbocycles. The van der Waals surface area contributed by atoms with Crippen LogP contribution in [0.2, 0.25) is 0 Å². The predicted molar refractivity (Wildman–Crippen MR) is 190 cm³/mol. The van der Waals surface area contributed by atoms with Crippen molar-refractivity contribution < 1.29 is 28.5 Å². The zero-order valence-electron chi connectivity index (χ0n) is 27.1. The number of aromatic amines is 1. The smallest absolute Gasteiger partial charge is 0.315 e. The molecule has 2 aromatic carbocycles. The first-order valence-corrected chi connectivity index (χ1v) is 18.5.